The zero-order valence-electron chi connectivity index (χ0n) is 8.25. The van der Waals surface area contributed by atoms with Gasteiger partial charge in [0.2, 0.25) is 0 Å². The first kappa shape index (κ1) is 11.6. The van der Waals surface area contributed by atoms with Gasteiger partial charge in [0.05, 0.1) is 27.0 Å². The molecule has 0 amide bonds. The van der Waals surface area contributed by atoms with Gasteiger partial charge in [-0.15, -0.1) is 0 Å². The van der Waals surface area contributed by atoms with Crippen molar-refractivity contribution in [3.8, 4) is 0 Å². The number of hydrogen-bond acceptors (Lipinski definition) is 4. The standard InChI is InChI=1S/C10H8N2O4/c1-3-7-5-8(4-2)10(12(15)16)6-9(7)11(13)14/h3-6H,1-2H2. The number of nitro groups is 2. The fourth-order valence-electron chi connectivity index (χ4n) is 1.25. The molecule has 0 aromatic heterocycles. The van der Waals surface area contributed by atoms with Gasteiger partial charge in [-0.05, 0) is 6.07 Å². The highest BCUT2D eigenvalue weighted by Gasteiger charge is 2.21. The maximum atomic E-state index is 10.7. The summed E-state index contributed by atoms with van der Waals surface area (Å²) in [6.45, 7) is 6.83. The molecule has 0 spiro atoms. The van der Waals surface area contributed by atoms with E-state index in [4.69, 9.17) is 0 Å². The Balaban J connectivity index is 3.59. The Bertz CT molecular complexity index is 453. The van der Waals surface area contributed by atoms with E-state index < -0.39 is 9.85 Å². The molecule has 16 heavy (non-hydrogen) atoms. The molecule has 82 valence electrons. The summed E-state index contributed by atoms with van der Waals surface area (Å²) in [5, 5.41) is 21.3. The molecule has 1 rings (SSSR count). The second-order valence-corrected chi connectivity index (χ2v) is 2.89. The third-order valence-corrected chi connectivity index (χ3v) is 2.01. The number of nitro benzene ring substituents is 2. The lowest BCUT2D eigenvalue weighted by Gasteiger charge is -2.01. The van der Waals surface area contributed by atoms with Crippen molar-refractivity contribution < 1.29 is 9.85 Å². The Morgan fingerprint density at radius 2 is 1.31 bits per heavy atom. The minimum atomic E-state index is -0.684. The van der Waals surface area contributed by atoms with Crippen molar-refractivity contribution in [3.63, 3.8) is 0 Å². The zero-order valence-corrected chi connectivity index (χ0v) is 8.25. The molecule has 0 aliphatic carbocycles. The normalized spacial score (nSPS) is 9.50. The van der Waals surface area contributed by atoms with Crippen LogP contribution in [-0.4, -0.2) is 9.85 Å². The van der Waals surface area contributed by atoms with E-state index in [1.54, 1.807) is 0 Å². The second-order valence-electron chi connectivity index (χ2n) is 2.89. The van der Waals surface area contributed by atoms with Crippen LogP contribution in [0.15, 0.2) is 25.3 Å². The highest BCUT2D eigenvalue weighted by molar-refractivity contribution is 5.71. The SMILES string of the molecule is C=Cc1cc(C=C)c([N+](=O)[O-])cc1[N+](=O)[O-]. The molecule has 1 aromatic rings. The summed E-state index contributed by atoms with van der Waals surface area (Å²) in [4.78, 5) is 20.0. The van der Waals surface area contributed by atoms with Crippen LogP contribution in [-0.2, 0) is 0 Å². The van der Waals surface area contributed by atoms with Crippen LogP contribution in [0.3, 0.4) is 0 Å². The number of hydrogen-bond donors (Lipinski definition) is 0. The van der Waals surface area contributed by atoms with E-state index in [1.807, 2.05) is 0 Å². The summed E-state index contributed by atoms with van der Waals surface area (Å²) in [6, 6.07) is 2.23. The monoisotopic (exact) mass is 220 g/mol. The molecular weight excluding hydrogens is 212 g/mol. The molecule has 0 bridgehead atoms. The Kier molecular flexibility index (Phi) is 3.14. The predicted octanol–water partition coefficient (Wildman–Crippen LogP) is 2.79. The van der Waals surface area contributed by atoms with Gasteiger partial charge in [-0.3, -0.25) is 20.2 Å². The van der Waals surface area contributed by atoms with Gasteiger partial charge in [-0.25, -0.2) is 0 Å². The van der Waals surface area contributed by atoms with Gasteiger partial charge in [0.15, 0.2) is 0 Å². The molecule has 6 heteroatoms. The van der Waals surface area contributed by atoms with Crippen molar-refractivity contribution in [2.75, 3.05) is 0 Å². The van der Waals surface area contributed by atoms with E-state index in [1.165, 1.54) is 18.2 Å². The van der Waals surface area contributed by atoms with Crippen molar-refractivity contribution in [1.29, 1.82) is 0 Å². The van der Waals surface area contributed by atoms with E-state index in [0.29, 0.717) is 0 Å². The Hall–Kier alpha value is -2.50. The minimum absolute atomic E-state index is 0.227. The van der Waals surface area contributed by atoms with Gasteiger partial charge >= 0.3 is 0 Å². The summed E-state index contributed by atoms with van der Waals surface area (Å²) in [5.41, 5.74) is -0.226. The lowest BCUT2D eigenvalue weighted by Crippen LogP contribution is -1.97. The van der Waals surface area contributed by atoms with Gasteiger partial charge in [0.25, 0.3) is 11.4 Å². The van der Waals surface area contributed by atoms with E-state index in [0.717, 1.165) is 6.07 Å². The van der Waals surface area contributed by atoms with Crippen molar-refractivity contribution in [3.05, 3.63) is 56.6 Å². The van der Waals surface area contributed by atoms with Crippen LogP contribution in [0, 0.1) is 20.2 Å². The first-order valence-electron chi connectivity index (χ1n) is 4.23. The second kappa shape index (κ2) is 4.35. The largest absolute Gasteiger partial charge is 0.283 e. The minimum Gasteiger partial charge on any atom is -0.258 e. The number of nitrogens with zero attached hydrogens (tertiary/aromatic N) is 2. The van der Waals surface area contributed by atoms with Crippen molar-refractivity contribution in [1.82, 2.24) is 0 Å². The Morgan fingerprint density at radius 3 is 1.56 bits per heavy atom. The van der Waals surface area contributed by atoms with Gasteiger partial charge in [-0.1, -0.05) is 25.3 Å². The van der Waals surface area contributed by atoms with Crippen LogP contribution in [0.5, 0.6) is 0 Å². The van der Waals surface area contributed by atoms with Crippen molar-refractivity contribution in [2.45, 2.75) is 0 Å². The zero-order chi connectivity index (χ0) is 12.3. The molecule has 1 aromatic carbocycles. The van der Waals surface area contributed by atoms with Crippen LogP contribution in [0.4, 0.5) is 11.4 Å². The van der Waals surface area contributed by atoms with Crippen LogP contribution in [0.2, 0.25) is 0 Å². The molecule has 0 heterocycles. The average Bonchev–Trinajstić information content (AvgIpc) is 2.26. The molecule has 0 saturated heterocycles. The summed E-state index contributed by atoms with van der Waals surface area (Å²) in [7, 11) is 0. The first-order valence-corrected chi connectivity index (χ1v) is 4.23. The van der Waals surface area contributed by atoms with Crippen LogP contribution >= 0.6 is 0 Å². The predicted molar refractivity (Wildman–Crippen MR) is 59.9 cm³/mol. The van der Waals surface area contributed by atoms with Gasteiger partial charge in [-0.2, -0.15) is 0 Å². The molecule has 0 N–H and O–H groups in total. The Morgan fingerprint density at radius 1 is 0.938 bits per heavy atom. The molecular formula is C10H8N2O4. The smallest absolute Gasteiger partial charge is 0.258 e. The maximum Gasteiger partial charge on any atom is 0.283 e. The lowest BCUT2D eigenvalue weighted by atomic mass is 10.1. The van der Waals surface area contributed by atoms with E-state index in [9.17, 15) is 20.2 Å². The highest BCUT2D eigenvalue weighted by atomic mass is 16.6. The van der Waals surface area contributed by atoms with Crippen LogP contribution in [0.25, 0.3) is 12.2 Å². The summed E-state index contributed by atoms with van der Waals surface area (Å²) in [6.07, 6.45) is 2.55. The molecule has 0 aliphatic rings. The fourth-order valence-corrected chi connectivity index (χ4v) is 1.25. The molecule has 0 atom stereocenters. The summed E-state index contributed by atoms with van der Waals surface area (Å²) >= 11 is 0. The molecule has 0 fully saturated rings. The molecule has 0 unspecified atom stereocenters. The van der Waals surface area contributed by atoms with Crippen LogP contribution in [0.1, 0.15) is 11.1 Å². The lowest BCUT2D eigenvalue weighted by molar-refractivity contribution is -0.394. The first-order chi connectivity index (χ1) is 7.51. The van der Waals surface area contributed by atoms with Gasteiger partial charge in [0, 0.05) is 0 Å². The van der Waals surface area contributed by atoms with E-state index >= 15 is 0 Å². The summed E-state index contributed by atoms with van der Waals surface area (Å²) in [5.74, 6) is 0. The maximum absolute atomic E-state index is 10.7. The van der Waals surface area contributed by atoms with Gasteiger partial charge < -0.3 is 0 Å². The van der Waals surface area contributed by atoms with E-state index in [-0.39, 0.29) is 22.5 Å². The fraction of sp³-hybridized carbons (Fsp3) is 0. The van der Waals surface area contributed by atoms with Crippen molar-refractivity contribution in [2.24, 2.45) is 0 Å². The Labute approximate surface area is 90.8 Å². The number of benzene rings is 1. The third-order valence-electron chi connectivity index (χ3n) is 2.01. The molecule has 0 aliphatic heterocycles. The quantitative estimate of drug-likeness (QED) is 0.576. The number of rotatable bonds is 4. The molecule has 0 saturated carbocycles. The average molecular weight is 220 g/mol. The van der Waals surface area contributed by atoms with E-state index in [2.05, 4.69) is 13.2 Å². The highest BCUT2D eigenvalue weighted by Crippen LogP contribution is 2.30. The summed E-state index contributed by atoms with van der Waals surface area (Å²) < 4.78 is 0. The van der Waals surface area contributed by atoms with Gasteiger partial charge in [0.1, 0.15) is 0 Å². The molecule has 6 nitrogen and oxygen atoms in total. The van der Waals surface area contributed by atoms with Crippen molar-refractivity contribution >= 4 is 23.5 Å². The topological polar surface area (TPSA) is 86.3 Å². The third kappa shape index (κ3) is 1.95. The van der Waals surface area contributed by atoms with Crippen LogP contribution < -0.4 is 0 Å². The molecule has 0 radical (unpaired) electrons.